The quantitative estimate of drug-likeness (QED) is 0.733. The van der Waals surface area contributed by atoms with Crippen LogP contribution in [0.2, 0.25) is 0 Å². The minimum atomic E-state index is 0.994. The first-order valence-electron chi connectivity index (χ1n) is 6.80. The predicted octanol–water partition coefficient (Wildman–Crippen LogP) is 3.40. The minimum absolute atomic E-state index is 0.994. The molecule has 1 heterocycles. The van der Waals surface area contributed by atoms with Gasteiger partial charge in [-0.3, -0.25) is 0 Å². The van der Waals surface area contributed by atoms with Crippen molar-refractivity contribution in [1.29, 1.82) is 0 Å². The lowest BCUT2D eigenvalue weighted by Crippen LogP contribution is -2.30. The Balaban J connectivity index is 2.50. The van der Waals surface area contributed by atoms with Gasteiger partial charge in [0.15, 0.2) is 0 Å². The molecule has 0 N–H and O–H groups in total. The fourth-order valence-corrected chi connectivity index (χ4v) is 2.55. The van der Waals surface area contributed by atoms with E-state index in [4.69, 9.17) is 0 Å². The Morgan fingerprint density at radius 1 is 1.11 bits per heavy atom. The highest BCUT2D eigenvalue weighted by atomic mass is 79.9. The van der Waals surface area contributed by atoms with Crippen molar-refractivity contribution in [2.24, 2.45) is 0 Å². The lowest BCUT2D eigenvalue weighted by molar-refractivity contribution is 0.300. The molecule has 0 fully saturated rings. The molecule has 1 aromatic rings. The van der Waals surface area contributed by atoms with E-state index in [-0.39, 0.29) is 0 Å². The normalized spacial score (nSPS) is 10.9. The van der Waals surface area contributed by atoms with Gasteiger partial charge in [0, 0.05) is 19.3 Å². The maximum atomic E-state index is 4.45. The van der Waals surface area contributed by atoms with E-state index in [0.29, 0.717) is 0 Å². The Hall–Kier alpha value is -0.610. The highest BCUT2D eigenvalue weighted by Gasteiger charge is 2.09. The number of nitrogens with zero attached hydrogens (tertiary/aromatic N) is 3. The first-order valence-corrected chi connectivity index (χ1v) is 7.60. The third-order valence-corrected chi connectivity index (χ3v) is 3.84. The third kappa shape index (κ3) is 4.58. The molecule has 3 nitrogen and oxygen atoms in total. The van der Waals surface area contributed by atoms with E-state index in [2.05, 4.69) is 57.6 Å². The monoisotopic (exact) mass is 313 g/mol. The minimum Gasteiger partial charge on any atom is -0.356 e. The summed E-state index contributed by atoms with van der Waals surface area (Å²) in [6.45, 7) is 12.1. The zero-order valence-electron chi connectivity index (χ0n) is 11.7. The van der Waals surface area contributed by atoms with Crippen molar-refractivity contribution >= 4 is 21.7 Å². The predicted molar refractivity (Wildman–Crippen MR) is 82.2 cm³/mol. The van der Waals surface area contributed by atoms with E-state index < -0.39 is 0 Å². The largest absolute Gasteiger partial charge is 0.356 e. The number of aromatic nitrogens is 1. The summed E-state index contributed by atoms with van der Waals surface area (Å²) in [5.41, 5.74) is 0. The van der Waals surface area contributed by atoms with Crippen LogP contribution in [0.5, 0.6) is 0 Å². The molecule has 0 radical (unpaired) electrons. The molecule has 0 atom stereocenters. The number of anilines is 1. The molecule has 0 saturated heterocycles. The molecular weight excluding hydrogens is 290 g/mol. The zero-order valence-corrected chi connectivity index (χ0v) is 13.3. The molecule has 18 heavy (non-hydrogen) atoms. The lowest BCUT2D eigenvalue weighted by Gasteiger charge is -2.25. The molecule has 0 unspecified atom stereocenters. The molecule has 0 aliphatic rings. The first kappa shape index (κ1) is 15.4. The molecule has 0 aliphatic carbocycles. The molecule has 4 heteroatoms. The highest BCUT2D eigenvalue weighted by molar-refractivity contribution is 9.10. The van der Waals surface area contributed by atoms with Crippen LogP contribution >= 0.6 is 15.9 Å². The van der Waals surface area contributed by atoms with Gasteiger partial charge >= 0.3 is 0 Å². The fraction of sp³-hybridized carbons (Fsp3) is 0.643. The van der Waals surface area contributed by atoms with Gasteiger partial charge in [0.2, 0.25) is 0 Å². The van der Waals surface area contributed by atoms with Gasteiger partial charge in [-0.25, -0.2) is 4.98 Å². The van der Waals surface area contributed by atoms with Gasteiger partial charge in [0.05, 0.1) is 4.47 Å². The van der Waals surface area contributed by atoms with Crippen LogP contribution in [0, 0.1) is 0 Å². The highest BCUT2D eigenvalue weighted by Crippen LogP contribution is 2.22. The topological polar surface area (TPSA) is 19.4 Å². The van der Waals surface area contributed by atoms with Crippen LogP contribution in [-0.4, -0.2) is 42.6 Å². The van der Waals surface area contributed by atoms with E-state index in [9.17, 15) is 0 Å². The second-order valence-electron chi connectivity index (χ2n) is 4.27. The van der Waals surface area contributed by atoms with Crippen LogP contribution in [-0.2, 0) is 0 Å². The standard InChI is InChI=1S/C14H24BrN3/c1-4-17(5-2)11-8-12-18(6-3)14-13(15)9-7-10-16-14/h7,9-10H,4-6,8,11-12H2,1-3H3. The van der Waals surface area contributed by atoms with Gasteiger partial charge in [0.25, 0.3) is 0 Å². The summed E-state index contributed by atoms with van der Waals surface area (Å²) in [5.74, 6) is 1.06. The van der Waals surface area contributed by atoms with Gasteiger partial charge in [-0.2, -0.15) is 0 Å². The van der Waals surface area contributed by atoms with E-state index in [0.717, 1.165) is 43.0 Å². The third-order valence-electron chi connectivity index (χ3n) is 3.22. The second kappa shape index (κ2) is 8.48. The van der Waals surface area contributed by atoms with Crippen molar-refractivity contribution in [3.8, 4) is 0 Å². The van der Waals surface area contributed by atoms with Crippen LogP contribution in [0.4, 0.5) is 5.82 Å². The fourth-order valence-electron chi connectivity index (χ4n) is 2.05. The van der Waals surface area contributed by atoms with Gasteiger partial charge in [0.1, 0.15) is 5.82 Å². The molecule has 0 aliphatic heterocycles. The Morgan fingerprint density at radius 2 is 1.83 bits per heavy atom. The van der Waals surface area contributed by atoms with E-state index in [1.165, 1.54) is 6.42 Å². The van der Waals surface area contributed by atoms with Crippen molar-refractivity contribution in [2.45, 2.75) is 27.2 Å². The number of hydrogen-bond acceptors (Lipinski definition) is 3. The van der Waals surface area contributed by atoms with Crippen molar-refractivity contribution in [1.82, 2.24) is 9.88 Å². The summed E-state index contributed by atoms with van der Waals surface area (Å²) in [5, 5.41) is 0. The van der Waals surface area contributed by atoms with Gasteiger partial charge in [-0.1, -0.05) is 13.8 Å². The molecule has 1 rings (SSSR count). The van der Waals surface area contributed by atoms with E-state index >= 15 is 0 Å². The van der Waals surface area contributed by atoms with Gasteiger partial charge in [-0.15, -0.1) is 0 Å². The molecule has 102 valence electrons. The lowest BCUT2D eigenvalue weighted by atomic mass is 10.3. The van der Waals surface area contributed by atoms with Crippen LogP contribution in [0.15, 0.2) is 22.8 Å². The summed E-state index contributed by atoms with van der Waals surface area (Å²) >= 11 is 3.57. The van der Waals surface area contributed by atoms with Gasteiger partial charge < -0.3 is 9.80 Å². The molecule has 0 spiro atoms. The molecule has 0 bridgehead atoms. The second-order valence-corrected chi connectivity index (χ2v) is 5.12. The van der Waals surface area contributed by atoms with Crippen LogP contribution < -0.4 is 4.90 Å². The average Bonchev–Trinajstić information content (AvgIpc) is 2.40. The number of rotatable bonds is 8. The summed E-state index contributed by atoms with van der Waals surface area (Å²) in [6, 6.07) is 4.01. The summed E-state index contributed by atoms with van der Waals surface area (Å²) in [6.07, 6.45) is 3.03. The Morgan fingerprint density at radius 3 is 2.39 bits per heavy atom. The van der Waals surface area contributed by atoms with Crippen LogP contribution in [0.25, 0.3) is 0 Å². The number of halogens is 1. The molecule has 1 aromatic heterocycles. The van der Waals surface area contributed by atoms with Crippen molar-refractivity contribution in [3.63, 3.8) is 0 Å². The van der Waals surface area contributed by atoms with Gasteiger partial charge in [-0.05, 0) is 61.0 Å². The zero-order chi connectivity index (χ0) is 13.4. The number of hydrogen-bond donors (Lipinski definition) is 0. The maximum Gasteiger partial charge on any atom is 0.142 e. The summed E-state index contributed by atoms with van der Waals surface area (Å²) in [7, 11) is 0. The molecule has 0 amide bonds. The maximum absolute atomic E-state index is 4.45. The average molecular weight is 314 g/mol. The van der Waals surface area contributed by atoms with Crippen LogP contribution in [0.3, 0.4) is 0 Å². The Bertz CT molecular complexity index is 340. The first-order chi connectivity index (χ1) is 8.72. The van der Waals surface area contributed by atoms with Crippen molar-refractivity contribution < 1.29 is 0 Å². The smallest absolute Gasteiger partial charge is 0.142 e. The van der Waals surface area contributed by atoms with E-state index in [1.807, 2.05) is 12.3 Å². The Kier molecular flexibility index (Phi) is 7.28. The SMILES string of the molecule is CCN(CC)CCCN(CC)c1ncccc1Br. The van der Waals surface area contributed by atoms with Crippen molar-refractivity contribution in [2.75, 3.05) is 37.6 Å². The van der Waals surface area contributed by atoms with Crippen LogP contribution in [0.1, 0.15) is 27.2 Å². The van der Waals surface area contributed by atoms with Crippen molar-refractivity contribution in [3.05, 3.63) is 22.8 Å². The number of pyridine rings is 1. The molecule has 0 aromatic carbocycles. The van der Waals surface area contributed by atoms with E-state index in [1.54, 1.807) is 0 Å². The summed E-state index contributed by atoms with van der Waals surface area (Å²) < 4.78 is 1.08. The summed E-state index contributed by atoms with van der Waals surface area (Å²) in [4.78, 5) is 9.24. The Labute approximate surface area is 119 Å². The molecular formula is C14H24BrN3. The molecule has 0 saturated carbocycles.